The van der Waals surface area contributed by atoms with Crippen LogP contribution >= 0.6 is 0 Å². The molecule has 4 rings (SSSR count). The van der Waals surface area contributed by atoms with E-state index in [1.54, 1.807) is 38.5 Å². The Morgan fingerprint density at radius 2 is 1.76 bits per heavy atom. The molecule has 1 aromatic heterocycles. The molecule has 2 fully saturated rings. The highest BCUT2D eigenvalue weighted by molar-refractivity contribution is 5.93. The van der Waals surface area contributed by atoms with Crippen LogP contribution in [0.1, 0.15) is 22.0 Å². The molecular formula is C21H25N5O3. The largest absolute Gasteiger partial charge is 0.497 e. The number of likely N-dealkylation sites (tertiary alicyclic amines) is 2. The van der Waals surface area contributed by atoms with Crippen LogP contribution in [0, 0.1) is 11.8 Å². The van der Waals surface area contributed by atoms with Crippen LogP contribution in [0.4, 0.5) is 4.79 Å². The van der Waals surface area contributed by atoms with Gasteiger partial charge in [0.15, 0.2) is 0 Å². The molecule has 3 atom stereocenters. The lowest BCUT2D eigenvalue weighted by Crippen LogP contribution is -2.42. The van der Waals surface area contributed by atoms with Crippen LogP contribution in [0.2, 0.25) is 0 Å². The summed E-state index contributed by atoms with van der Waals surface area (Å²) in [5.41, 5.74) is 1.56. The number of methoxy groups -OCH3 is 1. The van der Waals surface area contributed by atoms with Crippen LogP contribution in [0.25, 0.3) is 0 Å². The molecule has 3 amide bonds. The quantitative estimate of drug-likeness (QED) is 0.793. The first-order valence-corrected chi connectivity index (χ1v) is 9.65. The van der Waals surface area contributed by atoms with E-state index >= 15 is 0 Å². The van der Waals surface area contributed by atoms with Gasteiger partial charge in [-0.25, -0.2) is 14.8 Å². The normalized spacial score (nSPS) is 23.1. The van der Waals surface area contributed by atoms with Gasteiger partial charge in [0.2, 0.25) is 0 Å². The number of amides is 3. The van der Waals surface area contributed by atoms with Crippen molar-refractivity contribution in [3.63, 3.8) is 0 Å². The molecular weight excluding hydrogens is 370 g/mol. The summed E-state index contributed by atoms with van der Waals surface area (Å²) in [5, 5.41) is 0. The molecule has 152 valence electrons. The van der Waals surface area contributed by atoms with Crippen molar-refractivity contribution >= 4 is 11.9 Å². The number of benzene rings is 1. The molecule has 0 unspecified atom stereocenters. The summed E-state index contributed by atoms with van der Waals surface area (Å²) in [6.07, 6.45) is 4.51. The van der Waals surface area contributed by atoms with E-state index in [1.807, 2.05) is 34.1 Å². The molecule has 29 heavy (non-hydrogen) atoms. The Hall–Kier alpha value is -3.16. The second kappa shape index (κ2) is 7.69. The Labute approximate surface area is 170 Å². The van der Waals surface area contributed by atoms with E-state index in [9.17, 15) is 9.59 Å². The van der Waals surface area contributed by atoms with Crippen LogP contribution in [-0.2, 0) is 0 Å². The molecule has 2 aliphatic heterocycles. The summed E-state index contributed by atoms with van der Waals surface area (Å²) < 4.78 is 5.27. The van der Waals surface area contributed by atoms with Crippen molar-refractivity contribution in [2.24, 2.45) is 11.8 Å². The maximum atomic E-state index is 12.9. The van der Waals surface area contributed by atoms with Crippen molar-refractivity contribution in [3.8, 4) is 5.75 Å². The first-order valence-electron chi connectivity index (χ1n) is 9.65. The highest BCUT2D eigenvalue weighted by atomic mass is 16.5. The molecule has 0 spiro atoms. The third kappa shape index (κ3) is 3.50. The van der Waals surface area contributed by atoms with E-state index in [0.29, 0.717) is 25.2 Å². The number of ether oxygens (including phenoxy) is 1. The van der Waals surface area contributed by atoms with E-state index in [2.05, 4.69) is 9.97 Å². The number of hydrogen-bond acceptors (Lipinski definition) is 5. The van der Waals surface area contributed by atoms with Gasteiger partial charge in [0, 0.05) is 58.0 Å². The molecule has 0 saturated carbocycles. The van der Waals surface area contributed by atoms with Gasteiger partial charge >= 0.3 is 6.03 Å². The SMILES string of the molecule is COc1ccc([C@H]2[C@@H]3CN(C(=O)c4cncnc4)C[C@@H]3CN2C(=O)N(C)C)cc1. The number of carbonyl (C=O) groups is 2. The van der Waals surface area contributed by atoms with Crippen molar-refractivity contribution in [1.29, 1.82) is 0 Å². The van der Waals surface area contributed by atoms with Crippen LogP contribution < -0.4 is 4.74 Å². The van der Waals surface area contributed by atoms with Crippen LogP contribution in [-0.4, -0.2) is 77.4 Å². The molecule has 8 heteroatoms. The summed E-state index contributed by atoms with van der Waals surface area (Å²) in [5.74, 6) is 1.14. The highest BCUT2D eigenvalue weighted by Gasteiger charge is 2.50. The number of hydrogen-bond donors (Lipinski definition) is 0. The number of nitrogens with zero attached hydrogens (tertiary/aromatic N) is 5. The average Bonchev–Trinajstić information content (AvgIpc) is 3.31. The number of fused-ring (bicyclic) bond motifs is 1. The fourth-order valence-electron chi connectivity index (χ4n) is 4.48. The second-order valence-electron chi connectivity index (χ2n) is 7.81. The first kappa shape index (κ1) is 19.2. The maximum Gasteiger partial charge on any atom is 0.320 e. The zero-order chi connectivity index (χ0) is 20.5. The lowest BCUT2D eigenvalue weighted by molar-refractivity contribution is 0.0765. The van der Waals surface area contributed by atoms with Gasteiger partial charge in [-0.05, 0) is 17.7 Å². The third-order valence-electron chi connectivity index (χ3n) is 5.84. The van der Waals surface area contributed by atoms with Crippen molar-refractivity contribution < 1.29 is 14.3 Å². The van der Waals surface area contributed by atoms with E-state index in [0.717, 1.165) is 11.3 Å². The minimum Gasteiger partial charge on any atom is -0.497 e. The Bertz CT molecular complexity index is 887. The zero-order valence-electron chi connectivity index (χ0n) is 16.9. The zero-order valence-corrected chi connectivity index (χ0v) is 16.9. The molecule has 0 radical (unpaired) electrons. The van der Waals surface area contributed by atoms with Crippen molar-refractivity contribution in [1.82, 2.24) is 24.7 Å². The Balaban J connectivity index is 1.60. The number of carbonyl (C=O) groups excluding carboxylic acids is 2. The minimum absolute atomic E-state index is 0.00504. The van der Waals surface area contributed by atoms with Gasteiger partial charge in [-0.1, -0.05) is 12.1 Å². The maximum absolute atomic E-state index is 12.9. The van der Waals surface area contributed by atoms with Gasteiger partial charge in [-0.3, -0.25) is 4.79 Å². The van der Waals surface area contributed by atoms with Crippen molar-refractivity contribution in [2.75, 3.05) is 40.8 Å². The summed E-state index contributed by atoms with van der Waals surface area (Å²) in [7, 11) is 5.18. The molecule has 1 aromatic carbocycles. The van der Waals surface area contributed by atoms with E-state index < -0.39 is 0 Å². The van der Waals surface area contributed by atoms with Crippen molar-refractivity contribution in [3.05, 3.63) is 54.1 Å². The fourth-order valence-corrected chi connectivity index (χ4v) is 4.48. The van der Waals surface area contributed by atoms with Gasteiger partial charge in [0.1, 0.15) is 12.1 Å². The summed E-state index contributed by atoms with van der Waals surface area (Å²) >= 11 is 0. The van der Waals surface area contributed by atoms with E-state index in [1.165, 1.54) is 6.33 Å². The molecule has 2 saturated heterocycles. The highest BCUT2D eigenvalue weighted by Crippen LogP contribution is 2.45. The molecule has 3 heterocycles. The first-order chi connectivity index (χ1) is 14.0. The average molecular weight is 395 g/mol. The monoisotopic (exact) mass is 395 g/mol. The van der Waals surface area contributed by atoms with Gasteiger partial charge in [-0.15, -0.1) is 0 Å². The summed E-state index contributed by atoms with van der Waals surface area (Å²) in [6, 6.07) is 7.77. The molecule has 2 aromatic rings. The smallest absolute Gasteiger partial charge is 0.320 e. The number of aromatic nitrogens is 2. The fraction of sp³-hybridized carbons (Fsp3) is 0.429. The van der Waals surface area contributed by atoms with Crippen molar-refractivity contribution in [2.45, 2.75) is 6.04 Å². The predicted octanol–water partition coefficient (Wildman–Crippen LogP) is 1.91. The number of rotatable bonds is 3. The van der Waals surface area contributed by atoms with Crippen LogP contribution in [0.3, 0.4) is 0 Å². The topological polar surface area (TPSA) is 78.9 Å². The molecule has 8 nitrogen and oxygen atoms in total. The van der Waals surface area contributed by atoms with Gasteiger partial charge in [-0.2, -0.15) is 0 Å². The van der Waals surface area contributed by atoms with E-state index in [4.69, 9.17) is 4.74 Å². The summed E-state index contributed by atoms with van der Waals surface area (Å²) in [6.45, 7) is 1.86. The van der Waals surface area contributed by atoms with Gasteiger partial charge < -0.3 is 19.4 Å². The standard InChI is InChI=1S/C21H25N5O3/c1-24(2)21(28)26-11-16-10-25(20(27)15-8-22-13-23-9-15)12-18(16)19(26)14-4-6-17(29-3)7-5-14/h4-9,13,16,18-19H,10-12H2,1-3H3/t16-,18-,19+/m1/s1. The van der Waals surface area contributed by atoms with Gasteiger partial charge in [0.25, 0.3) is 5.91 Å². The van der Waals surface area contributed by atoms with Crippen LogP contribution in [0.15, 0.2) is 43.0 Å². The number of urea groups is 1. The third-order valence-corrected chi connectivity index (χ3v) is 5.84. The minimum atomic E-state index is -0.0781. The Kier molecular flexibility index (Phi) is 5.08. The molecule has 2 aliphatic rings. The van der Waals surface area contributed by atoms with E-state index in [-0.39, 0.29) is 29.8 Å². The Morgan fingerprint density at radius 1 is 1.07 bits per heavy atom. The predicted molar refractivity (Wildman–Crippen MR) is 106 cm³/mol. The lowest BCUT2D eigenvalue weighted by atomic mass is 9.89. The molecule has 0 bridgehead atoms. The second-order valence-corrected chi connectivity index (χ2v) is 7.81. The Morgan fingerprint density at radius 3 is 2.38 bits per heavy atom. The molecule has 0 aliphatic carbocycles. The summed E-state index contributed by atoms with van der Waals surface area (Å²) in [4.78, 5) is 39.0. The van der Waals surface area contributed by atoms with Crippen LogP contribution in [0.5, 0.6) is 5.75 Å². The van der Waals surface area contributed by atoms with Gasteiger partial charge in [0.05, 0.1) is 18.7 Å². The lowest BCUT2D eigenvalue weighted by Gasteiger charge is -2.32. The molecule has 0 N–H and O–H groups in total.